The summed E-state index contributed by atoms with van der Waals surface area (Å²) in [5.74, 6) is 0. The van der Waals surface area contributed by atoms with Gasteiger partial charge in [0.1, 0.15) is 5.01 Å². The van der Waals surface area contributed by atoms with Gasteiger partial charge in [0.15, 0.2) is 5.01 Å². The second-order valence-corrected chi connectivity index (χ2v) is 7.37. The molecule has 2 aromatic heterocycles. The van der Waals surface area contributed by atoms with Gasteiger partial charge in [-0.3, -0.25) is 0 Å². The maximum absolute atomic E-state index is 4.20. The van der Waals surface area contributed by atoms with E-state index in [-0.39, 0.29) is 0 Å². The van der Waals surface area contributed by atoms with Crippen LogP contribution in [0.5, 0.6) is 0 Å². The Morgan fingerprint density at radius 2 is 2.12 bits per heavy atom. The van der Waals surface area contributed by atoms with E-state index in [0.29, 0.717) is 0 Å². The number of likely N-dealkylation sites (N-methyl/N-ethyl adjacent to an activating group) is 1. The monoisotopic (exact) mass is 381 g/mol. The molecule has 1 N–H and O–H groups in total. The van der Waals surface area contributed by atoms with Gasteiger partial charge >= 0.3 is 0 Å². The summed E-state index contributed by atoms with van der Waals surface area (Å²) in [6, 6.07) is 2.07. The summed E-state index contributed by atoms with van der Waals surface area (Å²) in [6.45, 7) is 0.937. The number of hydrogen-bond acceptors (Lipinski definition) is 5. The molecule has 2 heterocycles. The number of hydrogen-bond donors (Lipinski definition) is 1. The van der Waals surface area contributed by atoms with Gasteiger partial charge in [-0.15, -0.1) is 21.5 Å². The lowest BCUT2D eigenvalue weighted by Gasteiger charge is -1.91. The van der Waals surface area contributed by atoms with E-state index in [4.69, 9.17) is 0 Å². The van der Waals surface area contributed by atoms with Crippen LogP contribution in [-0.4, -0.2) is 23.8 Å². The lowest BCUT2D eigenvalue weighted by Crippen LogP contribution is -2.09. The normalized spacial score (nSPS) is 10.9. The van der Waals surface area contributed by atoms with Crippen molar-refractivity contribution in [1.29, 1.82) is 0 Å². The Morgan fingerprint density at radius 3 is 2.75 bits per heavy atom. The van der Waals surface area contributed by atoms with Gasteiger partial charge in [0.05, 0.1) is 8.66 Å². The summed E-state index contributed by atoms with van der Waals surface area (Å²) >= 11 is 10.3. The zero-order chi connectivity index (χ0) is 11.5. The molecule has 7 heteroatoms. The quantitative estimate of drug-likeness (QED) is 0.878. The first-order valence-electron chi connectivity index (χ1n) is 4.63. The van der Waals surface area contributed by atoms with Gasteiger partial charge in [-0.2, -0.15) is 0 Å². The Hall–Kier alpha value is 0.180. The summed E-state index contributed by atoms with van der Waals surface area (Å²) in [4.78, 5) is 1.15. The fourth-order valence-electron chi connectivity index (χ4n) is 1.14. The Balaban J connectivity index is 2.18. The van der Waals surface area contributed by atoms with Crippen LogP contribution in [0.15, 0.2) is 14.3 Å². The summed E-state index contributed by atoms with van der Waals surface area (Å²) in [7, 11) is 1.94. The van der Waals surface area contributed by atoms with E-state index < -0.39 is 0 Å². The van der Waals surface area contributed by atoms with Crippen molar-refractivity contribution in [3.8, 4) is 9.88 Å². The van der Waals surface area contributed by atoms with Gasteiger partial charge in [0.25, 0.3) is 0 Å². The van der Waals surface area contributed by atoms with E-state index in [9.17, 15) is 0 Å². The standard InChI is InChI=1S/C9H9Br2N3S2/c1-12-3-2-7-13-14-9(16-7)6-4-5(10)8(11)15-6/h4,12H,2-3H2,1H3. The molecule has 0 fully saturated rings. The zero-order valence-electron chi connectivity index (χ0n) is 8.46. The van der Waals surface area contributed by atoms with Crippen LogP contribution in [0.25, 0.3) is 9.88 Å². The topological polar surface area (TPSA) is 37.8 Å². The number of aromatic nitrogens is 2. The van der Waals surface area contributed by atoms with Crippen molar-refractivity contribution in [2.45, 2.75) is 6.42 Å². The smallest absolute Gasteiger partial charge is 0.157 e. The van der Waals surface area contributed by atoms with Crippen molar-refractivity contribution >= 4 is 54.5 Å². The molecule has 0 saturated carbocycles. The predicted molar refractivity (Wildman–Crippen MR) is 76.3 cm³/mol. The fourth-order valence-corrected chi connectivity index (χ4v) is 4.05. The second-order valence-electron chi connectivity index (χ2n) is 3.09. The maximum atomic E-state index is 4.20. The molecular formula is C9H9Br2N3S2. The van der Waals surface area contributed by atoms with E-state index in [0.717, 1.165) is 36.1 Å². The first-order valence-corrected chi connectivity index (χ1v) is 7.85. The Kier molecular flexibility index (Phi) is 4.48. The average molecular weight is 383 g/mol. The number of thiophene rings is 1. The minimum atomic E-state index is 0.932. The number of halogens is 2. The van der Waals surface area contributed by atoms with E-state index >= 15 is 0 Å². The van der Waals surface area contributed by atoms with Crippen molar-refractivity contribution in [2.75, 3.05) is 13.6 Å². The highest BCUT2D eigenvalue weighted by Crippen LogP contribution is 2.39. The molecule has 0 radical (unpaired) electrons. The Labute approximate surface area is 119 Å². The first-order chi connectivity index (χ1) is 7.70. The summed E-state index contributed by atoms with van der Waals surface area (Å²) in [5, 5.41) is 13.5. The summed E-state index contributed by atoms with van der Waals surface area (Å²) in [5.41, 5.74) is 0. The van der Waals surface area contributed by atoms with Crippen LogP contribution in [0.1, 0.15) is 5.01 Å². The minimum Gasteiger partial charge on any atom is -0.319 e. The highest BCUT2D eigenvalue weighted by atomic mass is 79.9. The third-order valence-electron chi connectivity index (χ3n) is 1.91. The van der Waals surface area contributed by atoms with Crippen molar-refractivity contribution in [1.82, 2.24) is 15.5 Å². The van der Waals surface area contributed by atoms with Crippen LogP contribution in [0, 0.1) is 0 Å². The minimum absolute atomic E-state index is 0.932. The molecule has 2 rings (SSSR count). The van der Waals surface area contributed by atoms with Crippen LogP contribution < -0.4 is 5.32 Å². The highest BCUT2D eigenvalue weighted by Gasteiger charge is 2.11. The lowest BCUT2D eigenvalue weighted by atomic mass is 10.4. The molecule has 0 saturated heterocycles. The molecule has 0 unspecified atom stereocenters. The number of nitrogens with zero attached hydrogens (tertiary/aromatic N) is 2. The number of rotatable bonds is 4. The van der Waals surface area contributed by atoms with Gasteiger partial charge < -0.3 is 5.32 Å². The van der Waals surface area contributed by atoms with Gasteiger partial charge in [-0.05, 0) is 45.0 Å². The molecule has 0 bridgehead atoms. The molecule has 0 spiro atoms. The molecule has 2 aromatic rings. The Morgan fingerprint density at radius 1 is 1.31 bits per heavy atom. The number of nitrogens with one attached hydrogen (secondary N) is 1. The van der Waals surface area contributed by atoms with Gasteiger partial charge in [-0.25, -0.2) is 0 Å². The van der Waals surface area contributed by atoms with Gasteiger partial charge in [0, 0.05) is 17.4 Å². The van der Waals surface area contributed by atoms with E-state index in [1.807, 2.05) is 7.05 Å². The second kappa shape index (κ2) is 5.68. The zero-order valence-corrected chi connectivity index (χ0v) is 13.3. The average Bonchev–Trinajstić information content (AvgIpc) is 2.84. The van der Waals surface area contributed by atoms with Crippen molar-refractivity contribution in [3.05, 3.63) is 19.3 Å². The van der Waals surface area contributed by atoms with Crippen molar-refractivity contribution in [3.63, 3.8) is 0 Å². The predicted octanol–water partition coefficient (Wildman–Crippen LogP) is 3.55. The lowest BCUT2D eigenvalue weighted by molar-refractivity contribution is 0.779. The molecule has 0 aliphatic heterocycles. The van der Waals surface area contributed by atoms with Crippen LogP contribution in [0.2, 0.25) is 0 Å². The van der Waals surface area contributed by atoms with Crippen molar-refractivity contribution in [2.24, 2.45) is 0 Å². The van der Waals surface area contributed by atoms with E-state index in [2.05, 4.69) is 53.4 Å². The molecule has 86 valence electrons. The molecule has 0 amide bonds. The molecule has 0 aliphatic rings. The van der Waals surface area contributed by atoms with Crippen LogP contribution in [0.4, 0.5) is 0 Å². The third kappa shape index (κ3) is 2.89. The maximum Gasteiger partial charge on any atom is 0.157 e. The molecule has 0 aliphatic carbocycles. The molecular weight excluding hydrogens is 374 g/mol. The van der Waals surface area contributed by atoms with Crippen LogP contribution in [0.3, 0.4) is 0 Å². The van der Waals surface area contributed by atoms with Crippen LogP contribution in [-0.2, 0) is 6.42 Å². The molecule has 3 nitrogen and oxygen atoms in total. The van der Waals surface area contributed by atoms with Crippen LogP contribution >= 0.6 is 54.5 Å². The highest BCUT2D eigenvalue weighted by molar-refractivity contribution is 9.13. The van der Waals surface area contributed by atoms with Gasteiger partial charge in [0.2, 0.25) is 0 Å². The third-order valence-corrected chi connectivity index (χ3v) is 6.32. The summed E-state index contributed by atoms with van der Waals surface area (Å²) in [6.07, 6.45) is 0.932. The molecule has 0 aromatic carbocycles. The van der Waals surface area contributed by atoms with E-state index in [1.54, 1.807) is 22.7 Å². The van der Waals surface area contributed by atoms with Crippen molar-refractivity contribution < 1.29 is 0 Å². The molecule has 0 atom stereocenters. The largest absolute Gasteiger partial charge is 0.319 e. The Bertz CT molecular complexity index is 461. The molecule has 16 heavy (non-hydrogen) atoms. The SMILES string of the molecule is CNCCc1nnc(-c2cc(Br)c(Br)s2)s1. The summed E-state index contributed by atoms with van der Waals surface area (Å²) < 4.78 is 2.16. The fraction of sp³-hybridized carbons (Fsp3) is 0.333. The first kappa shape index (κ1) is 12.6. The van der Waals surface area contributed by atoms with Gasteiger partial charge in [-0.1, -0.05) is 11.3 Å². The van der Waals surface area contributed by atoms with E-state index in [1.165, 1.54) is 0 Å².